The van der Waals surface area contributed by atoms with Crippen LogP contribution in [0.2, 0.25) is 0 Å². The molecule has 0 nitrogen and oxygen atoms in total. The van der Waals surface area contributed by atoms with Crippen molar-refractivity contribution in [2.24, 2.45) is 0 Å². The second kappa shape index (κ2) is 17.8. The molecule has 0 spiro atoms. The molecular weight excluding hydrogens is 607 g/mol. The average molecular weight is 639 g/mol. The van der Waals surface area contributed by atoms with Crippen LogP contribution in [-0.2, 0) is 43.5 Å². The first-order valence-corrected chi connectivity index (χ1v) is 14.2. The van der Waals surface area contributed by atoms with E-state index in [-0.39, 0.29) is 24.8 Å². The summed E-state index contributed by atoms with van der Waals surface area (Å²) in [6.45, 7) is 7.63. The van der Waals surface area contributed by atoms with Gasteiger partial charge in [-0.1, -0.05) is 42.0 Å². The third-order valence-corrected chi connectivity index (χ3v) is 7.29. The standard InChI is InChI=1S/C17H13.C15H14.C5H5.2ClH.Zr/c1-3-12-5-7-14-11-15-8-6-13(4-2)10-17(15)16(14)9-12;1-3-8-14(9-4-1)12-7-13-15-10-5-2-6-11-15;1-2-4-5-3-1;;;/h3-7,9-10H,1-2,11H2;1-6,8-11H,12-13H2;1-3H,4H2;2*1H;/q-1;;-1;;;+2/p-2. The van der Waals surface area contributed by atoms with E-state index < -0.39 is 0 Å². The molecule has 4 aromatic rings. The topological polar surface area (TPSA) is 0 Å². The van der Waals surface area contributed by atoms with Crippen molar-refractivity contribution in [2.75, 3.05) is 0 Å². The molecule has 40 heavy (non-hydrogen) atoms. The molecule has 0 bridgehead atoms. The van der Waals surface area contributed by atoms with Gasteiger partial charge in [-0.25, -0.2) is 12.2 Å². The molecular formula is C37H32Cl2Zr-2. The average Bonchev–Trinajstić information content (AvgIpc) is 3.66. The molecule has 3 heteroatoms. The third-order valence-electron chi connectivity index (χ3n) is 6.42. The van der Waals surface area contributed by atoms with Crippen molar-refractivity contribution in [1.82, 2.24) is 0 Å². The van der Waals surface area contributed by atoms with E-state index in [9.17, 15) is 0 Å². The Morgan fingerprint density at radius 3 is 1.88 bits per heavy atom. The van der Waals surface area contributed by atoms with Gasteiger partial charge in [-0.3, -0.25) is 6.08 Å². The third kappa shape index (κ3) is 9.97. The summed E-state index contributed by atoms with van der Waals surface area (Å²) in [5, 5.41) is 0. The van der Waals surface area contributed by atoms with Crippen molar-refractivity contribution in [1.29, 1.82) is 0 Å². The van der Waals surface area contributed by atoms with Crippen LogP contribution in [0.4, 0.5) is 0 Å². The minimum atomic E-state index is 0. The van der Waals surface area contributed by atoms with Gasteiger partial charge in [0.15, 0.2) is 0 Å². The van der Waals surface area contributed by atoms with E-state index >= 15 is 0 Å². The molecule has 6 rings (SSSR count). The molecule has 0 radical (unpaired) electrons. The van der Waals surface area contributed by atoms with Gasteiger partial charge in [-0.15, -0.1) is 30.2 Å². The number of hydrogen-bond donors (Lipinski definition) is 0. The zero-order valence-corrected chi connectivity index (χ0v) is 26.5. The summed E-state index contributed by atoms with van der Waals surface area (Å²) >= 11 is 1.55. The zero-order valence-electron chi connectivity index (χ0n) is 22.5. The van der Waals surface area contributed by atoms with Crippen LogP contribution in [0.3, 0.4) is 0 Å². The monoisotopic (exact) mass is 636 g/mol. The number of hydrogen-bond acceptors (Lipinski definition) is 0. The Bertz CT molecular complexity index is 1340. The first kappa shape index (κ1) is 33.4. The molecule has 0 unspecified atom stereocenters. The number of allylic oxidation sites excluding steroid dienone is 4. The predicted molar refractivity (Wildman–Crippen MR) is 161 cm³/mol. The summed E-state index contributed by atoms with van der Waals surface area (Å²) in [4.78, 5) is 0. The zero-order chi connectivity index (χ0) is 26.6. The van der Waals surface area contributed by atoms with Crippen LogP contribution < -0.4 is 24.8 Å². The van der Waals surface area contributed by atoms with E-state index in [0.717, 1.165) is 31.2 Å². The number of benzene rings is 4. The fourth-order valence-electron chi connectivity index (χ4n) is 4.45. The van der Waals surface area contributed by atoms with Crippen molar-refractivity contribution in [3.05, 3.63) is 168 Å². The summed E-state index contributed by atoms with van der Waals surface area (Å²) in [7, 11) is 0. The van der Waals surface area contributed by atoms with Gasteiger partial charge in [0.1, 0.15) is 0 Å². The van der Waals surface area contributed by atoms with Crippen LogP contribution in [0.25, 0.3) is 23.3 Å². The van der Waals surface area contributed by atoms with Crippen molar-refractivity contribution in [3.8, 4) is 11.1 Å². The van der Waals surface area contributed by atoms with E-state index in [1.165, 1.54) is 38.9 Å². The Balaban J connectivity index is 0.000000229. The van der Waals surface area contributed by atoms with Gasteiger partial charge in [0.2, 0.25) is 0 Å². The van der Waals surface area contributed by atoms with Crippen molar-refractivity contribution in [2.45, 2.75) is 25.7 Å². The predicted octanol–water partition coefficient (Wildman–Crippen LogP) is 2.85. The number of halogens is 2. The van der Waals surface area contributed by atoms with Crippen LogP contribution in [0.15, 0.2) is 122 Å². The van der Waals surface area contributed by atoms with Crippen LogP contribution in [-0.4, -0.2) is 3.21 Å². The van der Waals surface area contributed by atoms with E-state index in [1.54, 1.807) is 27.4 Å². The summed E-state index contributed by atoms with van der Waals surface area (Å²) < 4.78 is 1.60. The summed E-state index contributed by atoms with van der Waals surface area (Å²) in [5.74, 6) is 0. The van der Waals surface area contributed by atoms with Crippen LogP contribution in [0.1, 0.15) is 39.8 Å². The maximum absolute atomic E-state index is 3.82. The van der Waals surface area contributed by atoms with E-state index in [0.29, 0.717) is 0 Å². The molecule has 0 saturated carbocycles. The molecule has 0 heterocycles. The fourth-order valence-corrected chi connectivity index (χ4v) is 5.46. The first-order chi connectivity index (χ1) is 18.7. The molecule has 0 aliphatic heterocycles. The van der Waals surface area contributed by atoms with E-state index in [4.69, 9.17) is 0 Å². The van der Waals surface area contributed by atoms with Crippen LogP contribution >= 0.6 is 0 Å². The van der Waals surface area contributed by atoms with Gasteiger partial charge >= 0.3 is 112 Å². The summed E-state index contributed by atoms with van der Waals surface area (Å²) in [5.41, 5.74) is 10.4. The van der Waals surface area contributed by atoms with Gasteiger partial charge in [0.05, 0.1) is 0 Å². The maximum atomic E-state index is 3.82. The Hall–Kier alpha value is -2.83. The van der Waals surface area contributed by atoms with Gasteiger partial charge in [-0.2, -0.15) is 29.8 Å². The Morgan fingerprint density at radius 1 is 0.775 bits per heavy atom. The molecule has 4 aromatic carbocycles. The summed E-state index contributed by atoms with van der Waals surface area (Å²) in [6.07, 6.45) is 17.0. The summed E-state index contributed by atoms with van der Waals surface area (Å²) in [6, 6.07) is 35.5. The Morgan fingerprint density at radius 2 is 1.38 bits per heavy atom. The minimum absolute atomic E-state index is 0. The second-order valence-electron chi connectivity index (χ2n) is 9.26. The Kier molecular flexibility index (Phi) is 14.8. The number of rotatable bonds is 6. The van der Waals surface area contributed by atoms with Crippen molar-refractivity contribution in [3.63, 3.8) is 0 Å². The van der Waals surface area contributed by atoms with Crippen molar-refractivity contribution < 1.29 is 49.0 Å². The number of fused-ring (bicyclic) bond motifs is 3. The fraction of sp³-hybridized carbons (Fsp3) is 0.108. The van der Waals surface area contributed by atoms with Crippen molar-refractivity contribution >= 4 is 15.4 Å². The Labute approximate surface area is 267 Å². The molecule has 0 aromatic heterocycles. The molecule has 0 N–H and O–H groups in total. The normalized spacial score (nSPS) is 11.2. The SMILES string of the molecule is C=Cc1c[c-]c2c(c1)-c1cc(C=C)ccc1C2.[C-]1=CC=CC1.[Cl-].[Cl-].[Zr+2]=[C](Cc1ccccc1)Cc1ccccc1. The molecule has 0 saturated heterocycles. The van der Waals surface area contributed by atoms with E-state index in [1.807, 2.05) is 30.4 Å². The molecule has 0 fully saturated rings. The van der Waals surface area contributed by atoms with Gasteiger partial charge in [0, 0.05) is 0 Å². The second-order valence-corrected chi connectivity index (χ2v) is 11.0. The van der Waals surface area contributed by atoms with Gasteiger partial charge in [-0.05, 0) is 12.0 Å². The molecule has 200 valence electrons. The van der Waals surface area contributed by atoms with Crippen LogP contribution in [0.5, 0.6) is 0 Å². The molecule has 2 aliphatic rings. The van der Waals surface area contributed by atoms with E-state index in [2.05, 4.69) is 116 Å². The molecule has 2 aliphatic carbocycles. The van der Waals surface area contributed by atoms with Gasteiger partial charge in [0.25, 0.3) is 0 Å². The van der Waals surface area contributed by atoms with Crippen LogP contribution in [0, 0.1) is 12.1 Å². The first-order valence-electron chi connectivity index (χ1n) is 12.9. The molecule has 0 atom stereocenters. The quantitative estimate of drug-likeness (QED) is 0.251. The van der Waals surface area contributed by atoms with Gasteiger partial charge < -0.3 is 24.8 Å². The molecule has 0 amide bonds.